The zero-order valence-corrected chi connectivity index (χ0v) is 20.8. The van der Waals surface area contributed by atoms with E-state index in [-0.39, 0.29) is 35.2 Å². The van der Waals surface area contributed by atoms with Gasteiger partial charge in [0.05, 0.1) is 18.6 Å². The Kier molecular flexibility index (Phi) is 6.29. The van der Waals surface area contributed by atoms with E-state index in [0.29, 0.717) is 30.3 Å². The summed E-state index contributed by atoms with van der Waals surface area (Å²) in [6.45, 7) is 22.8. The molecule has 164 valence electrons. The van der Waals surface area contributed by atoms with Crippen molar-refractivity contribution in [2.45, 2.75) is 73.2 Å². The number of rotatable bonds is 5. The normalized spacial score (nSPS) is 44.5. The number of hydrogen-bond acceptors (Lipinski definition) is 3. The maximum absolute atomic E-state index is 13.2. The quantitative estimate of drug-likeness (QED) is 0.308. The molecule has 0 aromatic carbocycles. The number of carbonyl (C=O) groups is 1. The van der Waals surface area contributed by atoms with Gasteiger partial charge in [0.1, 0.15) is 0 Å². The molecule has 3 nitrogen and oxygen atoms in total. The molecule has 3 rings (SSSR count). The maximum atomic E-state index is 13.2. The summed E-state index contributed by atoms with van der Waals surface area (Å²) in [6.07, 6.45) is 6.85. The van der Waals surface area contributed by atoms with Crippen molar-refractivity contribution >= 4 is 14.3 Å². The van der Waals surface area contributed by atoms with Crippen LogP contribution < -0.4 is 0 Å². The second-order valence-electron chi connectivity index (χ2n) is 11.3. The summed E-state index contributed by atoms with van der Waals surface area (Å²) in [5, 5.41) is 0. The van der Waals surface area contributed by atoms with E-state index in [0.717, 1.165) is 0 Å². The molecule has 0 aliphatic heterocycles. The van der Waals surface area contributed by atoms with E-state index in [1.54, 1.807) is 0 Å². The molecule has 0 amide bonds. The number of esters is 1. The number of hydrogen-bond donors (Lipinski definition) is 0. The van der Waals surface area contributed by atoms with Crippen LogP contribution in [0.1, 0.15) is 47.5 Å². The van der Waals surface area contributed by atoms with Crippen molar-refractivity contribution in [2.75, 3.05) is 6.61 Å². The first-order valence-corrected chi connectivity index (χ1v) is 15.0. The Labute approximate surface area is 179 Å². The number of ether oxygens (including phenoxy) is 1. The summed E-state index contributed by atoms with van der Waals surface area (Å²) in [7, 11) is -1.79. The Bertz CT molecular complexity index is 678. The molecule has 0 spiro atoms. The highest BCUT2D eigenvalue weighted by Crippen LogP contribution is 2.67. The monoisotopic (exact) mass is 418 g/mol. The predicted molar refractivity (Wildman–Crippen MR) is 122 cm³/mol. The lowest BCUT2D eigenvalue weighted by Gasteiger charge is -2.49. The highest BCUT2D eigenvalue weighted by molar-refractivity contribution is 6.69. The van der Waals surface area contributed by atoms with Crippen LogP contribution >= 0.6 is 0 Å². The van der Waals surface area contributed by atoms with E-state index in [4.69, 9.17) is 9.16 Å². The number of allylic oxidation sites excluding steroid dienone is 3. The van der Waals surface area contributed by atoms with Crippen molar-refractivity contribution in [1.82, 2.24) is 0 Å². The number of fused-ring (bicyclic) bond motifs is 3. The molecule has 3 aliphatic rings. The van der Waals surface area contributed by atoms with E-state index in [1.807, 2.05) is 13.0 Å². The largest absolute Gasteiger partial charge is 0.466 e. The third-order valence-electron chi connectivity index (χ3n) is 7.86. The van der Waals surface area contributed by atoms with Gasteiger partial charge in [0, 0.05) is 11.8 Å². The minimum atomic E-state index is -1.79. The average Bonchev–Trinajstić information content (AvgIpc) is 2.82. The van der Waals surface area contributed by atoms with E-state index in [9.17, 15) is 4.79 Å². The third kappa shape index (κ3) is 3.92. The second-order valence-corrected chi connectivity index (χ2v) is 15.8. The average molecular weight is 419 g/mol. The number of carbonyl (C=O) groups excluding carboxylic acids is 1. The molecule has 0 N–H and O–H groups in total. The molecule has 0 heterocycles. The molecule has 2 fully saturated rings. The van der Waals surface area contributed by atoms with Crippen molar-refractivity contribution in [1.29, 1.82) is 0 Å². The van der Waals surface area contributed by atoms with Gasteiger partial charge in [0.25, 0.3) is 0 Å². The fourth-order valence-corrected chi connectivity index (χ4v) is 8.75. The molecular weight excluding hydrogens is 376 g/mol. The summed E-state index contributed by atoms with van der Waals surface area (Å²) in [5.74, 6) is 2.14. The first-order valence-electron chi connectivity index (χ1n) is 11.6. The predicted octanol–water partition coefficient (Wildman–Crippen LogP) is 6.08. The third-order valence-corrected chi connectivity index (χ3v) is 8.84. The van der Waals surface area contributed by atoms with Gasteiger partial charge in [-0.25, -0.2) is 0 Å². The Balaban J connectivity index is 2.17. The molecule has 4 heteroatoms. The summed E-state index contributed by atoms with van der Waals surface area (Å²) in [6, 6.07) is 0. The zero-order chi connectivity index (χ0) is 21.7. The highest BCUT2D eigenvalue weighted by atomic mass is 28.4. The minimum Gasteiger partial charge on any atom is -0.466 e. The topological polar surface area (TPSA) is 35.5 Å². The standard InChI is InChI=1S/C25H42O3Si/c1-10-18-13-17(5)21-20(19(18)24(26)27-11-2)23(28-29(7,8)9)22-16(4)12-15(3)14-25(21,22)6/h10,13,15-16,18-23H,1,11-12,14H2,2-9H3/t15-,16+,18+,19+,20-,21-,22+,23-,25+/m0/s1. The van der Waals surface area contributed by atoms with Gasteiger partial charge in [0.2, 0.25) is 0 Å². The first kappa shape index (κ1) is 22.8. The van der Waals surface area contributed by atoms with Crippen LogP contribution in [-0.2, 0) is 14.0 Å². The van der Waals surface area contributed by atoms with Gasteiger partial charge in [-0.3, -0.25) is 4.79 Å². The molecule has 9 atom stereocenters. The van der Waals surface area contributed by atoms with Gasteiger partial charge in [-0.1, -0.05) is 38.5 Å². The Morgan fingerprint density at radius 1 is 1.34 bits per heavy atom. The minimum absolute atomic E-state index is 0.0273. The molecule has 0 unspecified atom stereocenters. The Morgan fingerprint density at radius 2 is 2.00 bits per heavy atom. The summed E-state index contributed by atoms with van der Waals surface area (Å²) in [4.78, 5) is 13.2. The molecule has 29 heavy (non-hydrogen) atoms. The van der Waals surface area contributed by atoms with Crippen molar-refractivity contribution in [3.05, 3.63) is 24.3 Å². The first-order chi connectivity index (χ1) is 13.4. The van der Waals surface area contributed by atoms with Crippen LogP contribution in [-0.4, -0.2) is 27.0 Å². The fraction of sp³-hybridized carbons (Fsp3) is 0.800. The fourth-order valence-electron chi connectivity index (χ4n) is 7.63. The van der Waals surface area contributed by atoms with Crippen LogP contribution in [0.3, 0.4) is 0 Å². The molecular formula is C25H42O3Si. The van der Waals surface area contributed by atoms with Crippen molar-refractivity contribution in [3.8, 4) is 0 Å². The van der Waals surface area contributed by atoms with Crippen molar-refractivity contribution < 1.29 is 14.0 Å². The van der Waals surface area contributed by atoms with Crippen LogP contribution in [0.2, 0.25) is 19.6 Å². The SMILES string of the molecule is C=C[C@@H]1C=C(C)[C@H]2[C@@H]([C@H](O[Si](C)(C)C)[C@H]3[C@H](C)C[C@H](C)C[C@@]32C)[C@@H]1C(=O)OCC. The van der Waals surface area contributed by atoms with Gasteiger partial charge in [0.15, 0.2) is 8.32 Å². The van der Waals surface area contributed by atoms with Crippen LogP contribution in [0.4, 0.5) is 0 Å². The van der Waals surface area contributed by atoms with Gasteiger partial charge in [-0.15, -0.1) is 6.58 Å². The molecule has 0 aromatic heterocycles. The highest BCUT2D eigenvalue weighted by Gasteiger charge is 2.66. The Morgan fingerprint density at radius 3 is 2.55 bits per heavy atom. The van der Waals surface area contributed by atoms with E-state index in [2.05, 4.69) is 60.0 Å². The molecule has 2 saturated carbocycles. The van der Waals surface area contributed by atoms with Gasteiger partial charge in [-0.05, 0) is 75.4 Å². The molecule has 0 radical (unpaired) electrons. The van der Waals surface area contributed by atoms with E-state index in [1.165, 1.54) is 18.4 Å². The lowest BCUT2D eigenvalue weighted by Crippen LogP contribution is -2.47. The smallest absolute Gasteiger partial charge is 0.310 e. The van der Waals surface area contributed by atoms with E-state index < -0.39 is 8.32 Å². The van der Waals surface area contributed by atoms with Crippen LogP contribution in [0.25, 0.3) is 0 Å². The van der Waals surface area contributed by atoms with Crippen molar-refractivity contribution in [2.24, 2.45) is 46.8 Å². The lowest BCUT2D eigenvalue weighted by molar-refractivity contribution is -0.153. The van der Waals surface area contributed by atoms with Crippen LogP contribution in [0, 0.1) is 46.8 Å². The van der Waals surface area contributed by atoms with Gasteiger partial charge < -0.3 is 9.16 Å². The molecule has 0 aromatic rings. The molecule has 0 saturated heterocycles. The van der Waals surface area contributed by atoms with Crippen molar-refractivity contribution in [3.63, 3.8) is 0 Å². The summed E-state index contributed by atoms with van der Waals surface area (Å²) >= 11 is 0. The Hall–Kier alpha value is -0.873. The van der Waals surface area contributed by atoms with Gasteiger partial charge >= 0.3 is 5.97 Å². The van der Waals surface area contributed by atoms with Crippen LogP contribution in [0.5, 0.6) is 0 Å². The second kappa shape index (κ2) is 7.99. The molecule has 0 bridgehead atoms. The summed E-state index contributed by atoms with van der Waals surface area (Å²) in [5.41, 5.74) is 1.60. The lowest BCUT2D eigenvalue weighted by atomic mass is 9.56. The van der Waals surface area contributed by atoms with Crippen LogP contribution in [0.15, 0.2) is 24.3 Å². The summed E-state index contributed by atoms with van der Waals surface area (Å²) < 4.78 is 12.6. The van der Waals surface area contributed by atoms with E-state index >= 15 is 0 Å². The van der Waals surface area contributed by atoms with Gasteiger partial charge in [-0.2, -0.15) is 0 Å². The zero-order valence-electron chi connectivity index (χ0n) is 19.8. The molecule has 3 aliphatic carbocycles. The maximum Gasteiger partial charge on any atom is 0.310 e.